The highest BCUT2D eigenvalue weighted by Gasteiger charge is 2.54. The number of aliphatic hydroxyl groups is 5. The quantitative estimate of drug-likeness (QED) is 0.219. The molecule has 8 nitrogen and oxygen atoms in total. The molecule has 2 rings (SSSR count). The van der Waals surface area contributed by atoms with Gasteiger partial charge in [0.1, 0.15) is 29.8 Å². The fourth-order valence-corrected chi connectivity index (χ4v) is 2.76. The first kappa shape index (κ1) is 17.0. The van der Waals surface area contributed by atoms with Gasteiger partial charge in [0.25, 0.3) is 0 Å². The van der Waals surface area contributed by atoms with Gasteiger partial charge in [0.05, 0.1) is 6.61 Å². The van der Waals surface area contributed by atoms with Crippen LogP contribution in [0, 0.1) is 10.7 Å². The number of nitrogens with two attached hydrogens (primary N) is 1. The summed E-state index contributed by atoms with van der Waals surface area (Å²) in [5.74, 6) is -2.43. The third kappa shape index (κ3) is 2.78. The highest BCUT2D eigenvalue weighted by atomic mass is 32.2. The minimum atomic E-state index is -2.43. The van der Waals surface area contributed by atoms with Gasteiger partial charge < -0.3 is 36.0 Å². The topological polar surface area (TPSA) is 160 Å². The number of nitriles is 1. The molecule has 1 saturated heterocycles. The van der Waals surface area contributed by atoms with E-state index in [1.54, 1.807) is 6.07 Å². The molecule has 1 aliphatic rings. The van der Waals surface area contributed by atoms with Crippen molar-refractivity contribution in [1.82, 2.24) is 0 Å². The summed E-state index contributed by atoms with van der Waals surface area (Å²) in [6.45, 7) is -0.681. The van der Waals surface area contributed by atoms with Crippen LogP contribution in [-0.2, 0) is 10.5 Å². The predicted molar refractivity (Wildman–Crippen MR) is 76.2 cm³/mol. The van der Waals surface area contributed by atoms with Crippen molar-refractivity contribution >= 4 is 17.4 Å². The normalized spacial score (nSPS) is 35.1. The van der Waals surface area contributed by atoms with Crippen molar-refractivity contribution in [3.63, 3.8) is 0 Å². The number of nitrogens with zero attached hydrogens (tertiary/aromatic N) is 1. The second-order valence-corrected chi connectivity index (χ2v) is 5.76. The molecule has 1 aliphatic heterocycles. The molecule has 1 aromatic rings. The van der Waals surface area contributed by atoms with Crippen LogP contribution < -0.4 is 5.73 Å². The monoisotopic (exact) mass is 328 g/mol. The third-order valence-corrected chi connectivity index (χ3v) is 4.12. The molecule has 9 heteroatoms. The Morgan fingerprint density at radius 1 is 1.32 bits per heavy atom. The Morgan fingerprint density at radius 2 is 2.00 bits per heavy atom. The van der Waals surface area contributed by atoms with Crippen LogP contribution in [0.3, 0.4) is 0 Å². The largest absolute Gasteiger partial charge is 0.398 e. The molecule has 0 aliphatic carbocycles. The molecule has 1 fully saturated rings. The SMILES string of the molecule is N#CSc1ccc(N)c([C@@]2(O)O[C@H](CO)[C@H](O)[C@H](O)[C@H]2O)c1. The van der Waals surface area contributed by atoms with Gasteiger partial charge in [0.2, 0.25) is 5.79 Å². The summed E-state index contributed by atoms with van der Waals surface area (Å²) in [5, 5.41) is 60.0. The van der Waals surface area contributed by atoms with Gasteiger partial charge in [-0.15, -0.1) is 0 Å². The fraction of sp³-hybridized carbons (Fsp3) is 0.462. The van der Waals surface area contributed by atoms with E-state index in [4.69, 9.17) is 15.7 Å². The number of nitrogen functional groups attached to an aromatic ring is 1. The van der Waals surface area contributed by atoms with E-state index in [1.807, 2.05) is 5.40 Å². The van der Waals surface area contributed by atoms with Crippen molar-refractivity contribution < 1.29 is 30.3 Å². The molecule has 0 radical (unpaired) electrons. The highest BCUT2D eigenvalue weighted by molar-refractivity contribution is 8.03. The van der Waals surface area contributed by atoms with Crippen molar-refractivity contribution in [2.45, 2.75) is 35.1 Å². The van der Waals surface area contributed by atoms with Gasteiger partial charge >= 0.3 is 0 Å². The number of aliphatic hydroxyl groups excluding tert-OH is 4. The van der Waals surface area contributed by atoms with Crippen LogP contribution >= 0.6 is 11.8 Å². The summed E-state index contributed by atoms with van der Waals surface area (Å²) in [4.78, 5) is 0.442. The maximum atomic E-state index is 10.6. The standard InChI is InChI=1S/C13H16N2O6S/c14-5-22-6-1-2-8(15)7(3-6)13(20)12(19)11(18)10(17)9(4-16)21-13/h1-3,9-12,16-20H,4,15H2/t9-,10+,11+,12-,13-/m1/s1. The molecule has 0 saturated carbocycles. The Kier molecular flexibility index (Phi) is 4.93. The molecule has 22 heavy (non-hydrogen) atoms. The summed E-state index contributed by atoms with van der Waals surface area (Å²) < 4.78 is 5.19. The van der Waals surface area contributed by atoms with Crippen LogP contribution in [0.4, 0.5) is 5.69 Å². The van der Waals surface area contributed by atoms with Gasteiger partial charge in [-0.1, -0.05) is 0 Å². The van der Waals surface area contributed by atoms with Crippen molar-refractivity contribution in [3.8, 4) is 5.40 Å². The van der Waals surface area contributed by atoms with Crippen molar-refractivity contribution in [3.05, 3.63) is 23.8 Å². The van der Waals surface area contributed by atoms with Gasteiger partial charge in [0.15, 0.2) is 0 Å². The molecule has 5 atom stereocenters. The number of thiocyanates is 1. The smallest absolute Gasteiger partial charge is 0.224 e. The van der Waals surface area contributed by atoms with Crippen LogP contribution in [0.25, 0.3) is 0 Å². The molecule has 1 heterocycles. The minimum absolute atomic E-state index is 0.0594. The maximum absolute atomic E-state index is 10.6. The number of anilines is 1. The molecule has 0 bridgehead atoms. The van der Waals surface area contributed by atoms with Gasteiger partial charge in [-0.3, -0.25) is 0 Å². The molecule has 1 aromatic carbocycles. The zero-order chi connectivity index (χ0) is 16.5. The summed E-state index contributed by atoms with van der Waals surface area (Å²) in [6.07, 6.45) is -6.52. The summed E-state index contributed by atoms with van der Waals surface area (Å²) in [5.41, 5.74) is 5.78. The summed E-state index contributed by atoms with van der Waals surface area (Å²) in [7, 11) is 0. The lowest BCUT2D eigenvalue weighted by Gasteiger charge is -2.45. The maximum Gasteiger partial charge on any atom is 0.224 e. The number of hydrogen-bond donors (Lipinski definition) is 6. The van der Waals surface area contributed by atoms with E-state index in [0.29, 0.717) is 4.90 Å². The van der Waals surface area contributed by atoms with Gasteiger partial charge in [-0.05, 0) is 30.0 Å². The van der Waals surface area contributed by atoms with E-state index in [2.05, 4.69) is 0 Å². The number of hydrogen-bond acceptors (Lipinski definition) is 9. The zero-order valence-electron chi connectivity index (χ0n) is 11.3. The number of thioether (sulfide) groups is 1. The molecular weight excluding hydrogens is 312 g/mol. The van der Waals surface area contributed by atoms with Crippen molar-refractivity contribution in [2.75, 3.05) is 12.3 Å². The Labute approximate surface area is 130 Å². The average molecular weight is 328 g/mol. The molecule has 120 valence electrons. The molecule has 0 aromatic heterocycles. The van der Waals surface area contributed by atoms with Crippen molar-refractivity contribution in [1.29, 1.82) is 5.26 Å². The lowest BCUT2D eigenvalue weighted by atomic mass is 9.87. The van der Waals surface area contributed by atoms with E-state index >= 15 is 0 Å². The summed E-state index contributed by atoms with van der Waals surface area (Å²) in [6, 6.07) is 4.29. The van der Waals surface area contributed by atoms with Gasteiger partial charge in [0, 0.05) is 16.1 Å². The first-order valence-electron chi connectivity index (χ1n) is 6.36. The average Bonchev–Trinajstić information content (AvgIpc) is 2.51. The predicted octanol–water partition coefficient (Wildman–Crippen LogP) is -1.54. The first-order valence-corrected chi connectivity index (χ1v) is 7.18. The van der Waals surface area contributed by atoms with Crippen LogP contribution in [0.5, 0.6) is 0 Å². The van der Waals surface area contributed by atoms with E-state index in [9.17, 15) is 25.5 Å². The lowest BCUT2D eigenvalue weighted by molar-refractivity contribution is -0.357. The Balaban J connectivity index is 2.48. The Bertz CT molecular complexity index is 592. The fourth-order valence-electron chi connectivity index (χ4n) is 2.34. The van der Waals surface area contributed by atoms with E-state index in [1.165, 1.54) is 12.1 Å². The molecule has 0 unspecified atom stereocenters. The van der Waals surface area contributed by atoms with Crippen LogP contribution in [0.15, 0.2) is 23.1 Å². The second-order valence-electron chi connectivity index (χ2n) is 4.90. The highest BCUT2D eigenvalue weighted by Crippen LogP contribution is 2.40. The zero-order valence-corrected chi connectivity index (χ0v) is 12.1. The van der Waals surface area contributed by atoms with Crippen LogP contribution in [0.2, 0.25) is 0 Å². The number of ether oxygens (including phenoxy) is 1. The Morgan fingerprint density at radius 3 is 2.59 bits per heavy atom. The van der Waals surface area contributed by atoms with E-state index in [-0.39, 0.29) is 11.3 Å². The molecule has 0 amide bonds. The third-order valence-electron chi connectivity index (χ3n) is 3.54. The van der Waals surface area contributed by atoms with Crippen LogP contribution in [-0.4, -0.2) is 56.6 Å². The van der Waals surface area contributed by atoms with E-state index < -0.39 is 36.8 Å². The van der Waals surface area contributed by atoms with E-state index in [0.717, 1.165) is 11.8 Å². The van der Waals surface area contributed by atoms with Crippen molar-refractivity contribution in [2.24, 2.45) is 0 Å². The van der Waals surface area contributed by atoms with Gasteiger partial charge in [-0.25, -0.2) is 0 Å². The van der Waals surface area contributed by atoms with Crippen LogP contribution in [0.1, 0.15) is 5.56 Å². The molecule has 0 spiro atoms. The summed E-state index contributed by atoms with van der Waals surface area (Å²) >= 11 is 0.810. The number of rotatable bonds is 3. The lowest BCUT2D eigenvalue weighted by Crippen LogP contribution is -2.63. The second kappa shape index (κ2) is 6.39. The molecule has 7 N–H and O–H groups in total. The molecular formula is C13H16N2O6S. The minimum Gasteiger partial charge on any atom is -0.398 e. The van der Waals surface area contributed by atoms with Gasteiger partial charge in [-0.2, -0.15) is 5.26 Å². The Hall–Kier alpha value is -1.38. The number of benzene rings is 1. The first-order chi connectivity index (χ1) is 10.3.